The Morgan fingerprint density at radius 2 is 1.71 bits per heavy atom. The number of thiazole rings is 1. The molecule has 4 rings (SSSR count). The van der Waals surface area contributed by atoms with E-state index in [2.05, 4.69) is 10.3 Å². The van der Waals surface area contributed by atoms with Gasteiger partial charge in [0.2, 0.25) is 5.91 Å². The van der Waals surface area contributed by atoms with E-state index in [9.17, 15) is 22.8 Å². The van der Waals surface area contributed by atoms with E-state index in [1.54, 1.807) is 17.5 Å². The SMILES string of the molecule is Cc1ccc(-c2csc(NC(=O)C(CCS(C)(=O)=O)N3C(=O)c4ccccc4C3=O)n2)cc1C. The molecule has 1 aliphatic heterocycles. The molecule has 8 nitrogen and oxygen atoms in total. The largest absolute Gasteiger partial charge is 0.300 e. The molecule has 2 aromatic carbocycles. The number of fused-ring (bicyclic) bond motifs is 1. The molecule has 10 heteroatoms. The van der Waals surface area contributed by atoms with E-state index in [1.807, 2.05) is 32.0 Å². The minimum absolute atomic E-state index is 0.191. The number of imide groups is 1. The highest BCUT2D eigenvalue weighted by molar-refractivity contribution is 7.90. The van der Waals surface area contributed by atoms with E-state index in [0.29, 0.717) is 10.8 Å². The fourth-order valence-electron chi connectivity index (χ4n) is 3.75. The van der Waals surface area contributed by atoms with Crippen molar-refractivity contribution in [3.8, 4) is 11.3 Å². The van der Waals surface area contributed by atoms with Crippen LogP contribution in [0.15, 0.2) is 47.8 Å². The molecule has 0 saturated heterocycles. The summed E-state index contributed by atoms with van der Waals surface area (Å²) in [6, 6.07) is 10.9. The smallest absolute Gasteiger partial charge is 0.262 e. The van der Waals surface area contributed by atoms with Gasteiger partial charge in [0.1, 0.15) is 15.9 Å². The molecule has 1 aliphatic rings. The maximum absolute atomic E-state index is 13.2. The molecular formula is C24H23N3O5S2. The molecule has 1 unspecified atom stereocenters. The van der Waals surface area contributed by atoms with E-state index in [1.165, 1.54) is 23.5 Å². The van der Waals surface area contributed by atoms with Crippen molar-refractivity contribution in [3.63, 3.8) is 0 Å². The highest BCUT2D eigenvalue weighted by atomic mass is 32.2. The summed E-state index contributed by atoms with van der Waals surface area (Å²) in [6.45, 7) is 4.02. The van der Waals surface area contributed by atoms with Crippen molar-refractivity contribution in [3.05, 3.63) is 70.1 Å². The molecule has 0 saturated carbocycles. The summed E-state index contributed by atoms with van der Waals surface area (Å²) in [5, 5.41) is 4.76. The highest BCUT2D eigenvalue weighted by Crippen LogP contribution is 2.29. The Hall–Kier alpha value is -3.37. The molecule has 1 aromatic heterocycles. The summed E-state index contributed by atoms with van der Waals surface area (Å²) >= 11 is 1.21. The Balaban J connectivity index is 1.60. The molecule has 0 aliphatic carbocycles. The monoisotopic (exact) mass is 497 g/mol. The van der Waals surface area contributed by atoms with Crippen molar-refractivity contribution in [2.45, 2.75) is 26.3 Å². The van der Waals surface area contributed by atoms with Crippen LogP contribution < -0.4 is 5.32 Å². The first-order chi connectivity index (χ1) is 16.0. The summed E-state index contributed by atoms with van der Waals surface area (Å²) in [5.74, 6) is -2.27. The zero-order valence-electron chi connectivity index (χ0n) is 18.9. The minimum Gasteiger partial charge on any atom is -0.300 e. The zero-order valence-corrected chi connectivity index (χ0v) is 20.5. The Morgan fingerprint density at radius 3 is 2.29 bits per heavy atom. The van der Waals surface area contributed by atoms with Crippen LogP contribution in [0.1, 0.15) is 38.3 Å². The molecule has 3 aromatic rings. The normalized spacial score (nSPS) is 14.3. The number of anilines is 1. The van der Waals surface area contributed by atoms with Gasteiger partial charge < -0.3 is 5.32 Å². The van der Waals surface area contributed by atoms with Crippen LogP contribution >= 0.6 is 11.3 Å². The maximum Gasteiger partial charge on any atom is 0.262 e. The highest BCUT2D eigenvalue weighted by Gasteiger charge is 2.43. The van der Waals surface area contributed by atoms with Gasteiger partial charge in [-0.15, -0.1) is 11.3 Å². The Morgan fingerprint density at radius 1 is 1.06 bits per heavy atom. The number of carbonyl (C=O) groups excluding carboxylic acids is 3. The zero-order chi connectivity index (χ0) is 24.6. The van der Waals surface area contributed by atoms with Crippen molar-refractivity contribution < 1.29 is 22.8 Å². The van der Waals surface area contributed by atoms with E-state index >= 15 is 0 Å². The lowest BCUT2D eigenvalue weighted by atomic mass is 10.1. The van der Waals surface area contributed by atoms with Crippen LogP contribution in [0.4, 0.5) is 5.13 Å². The number of hydrogen-bond donors (Lipinski definition) is 1. The van der Waals surface area contributed by atoms with Crippen LogP contribution in [-0.2, 0) is 14.6 Å². The van der Waals surface area contributed by atoms with Gasteiger partial charge in [-0.2, -0.15) is 0 Å². The van der Waals surface area contributed by atoms with Crippen molar-refractivity contribution in [1.29, 1.82) is 0 Å². The number of benzene rings is 2. The fourth-order valence-corrected chi connectivity index (χ4v) is 5.12. The van der Waals surface area contributed by atoms with Gasteiger partial charge in [0.05, 0.1) is 22.6 Å². The minimum atomic E-state index is -3.44. The number of aromatic nitrogens is 1. The van der Waals surface area contributed by atoms with Crippen LogP contribution in [-0.4, -0.2) is 54.1 Å². The first-order valence-corrected chi connectivity index (χ1v) is 13.5. The lowest BCUT2D eigenvalue weighted by Crippen LogP contribution is -2.48. The number of nitrogens with one attached hydrogen (secondary N) is 1. The van der Waals surface area contributed by atoms with Crippen LogP contribution in [0.3, 0.4) is 0 Å². The van der Waals surface area contributed by atoms with Crippen molar-refractivity contribution in [1.82, 2.24) is 9.88 Å². The second-order valence-corrected chi connectivity index (χ2v) is 11.4. The quantitative estimate of drug-likeness (QED) is 0.500. The second-order valence-electron chi connectivity index (χ2n) is 8.29. The third-order valence-corrected chi connectivity index (χ3v) is 7.47. The van der Waals surface area contributed by atoms with Gasteiger partial charge in [0, 0.05) is 17.2 Å². The number of carbonyl (C=O) groups is 3. The number of aryl methyl sites for hydroxylation is 2. The molecule has 1 N–H and O–H groups in total. The van der Waals surface area contributed by atoms with Crippen molar-refractivity contribution in [2.24, 2.45) is 0 Å². The van der Waals surface area contributed by atoms with Crippen molar-refractivity contribution in [2.75, 3.05) is 17.3 Å². The van der Waals surface area contributed by atoms with Gasteiger partial charge in [-0.25, -0.2) is 13.4 Å². The van der Waals surface area contributed by atoms with Gasteiger partial charge in [-0.3, -0.25) is 19.3 Å². The first kappa shape index (κ1) is 23.8. The summed E-state index contributed by atoms with van der Waals surface area (Å²) in [7, 11) is -3.44. The molecule has 0 bridgehead atoms. The molecule has 0 fully saturated rings. The molecule has 0 spiro atoms. The topological polar surface area (TPSA) is 114 Å². The average molecular weight is 498 g/mol. The molecule has 2 heterocycles. The number of amides is 3. The number of sulfone groups is 1. The van der Waals surface area contributed by atoms with Crippen molar-refractivity contribution >= 4 is 44.0 Å². The molecular weight excluding hydrogens is 474 g/mol. The molecule has 1 atom stereocenters. The summed E-state index contributed by atoms with van der Waals surface area (Å²) < 4.78 is 23.6. The molecule has 0 radical (unpaired) electrons. The van der Waals surface area contributed by atoms with E-state index < -0.39 is 33.6 Å². The second kappa shape index (κ2) is 9.11. The third kappa shape index (κ3) is 4.78. The van der Waals surface area contributed by atoms with Crippen LogP contribution in [0.5, 0.6) is 0 Å². The van der Waals surface area contributed by atoms with Gasteiger partial charge in [-0.1, -0.05) is 24.3 Å². The third-order valence-electron chi connectivity index (χ3n) is 5.74. The van der Waals surface area contributed by atoms with E-state index in [0.717, 1.165) is 27.8 Å². The predicted octanol–water partition coefficient (Wildman–Crippen LogP) is 3.46. The fraction of sp³-hybridized carbons (Fsp3) is 0.250. The van der Waals surface area contributed by atoms with Gasteiger partial charge in [-0.05, 0) is 49.6 Å². The van der Waals surface area contributed by atoms with Gasteiger partial charge in [0.15, 0.2) is 5.13 Å². The predicted molar refractivity (Wildman–Crippen MR) is 131 cm³/mol. The number of nitrogens with zero attached hydrogens (tertiary/aromatic N) is 2. The van der Waals surface area contributed by atoms with Crippen LogP contribution in [0.2, 0.25) is 0 Å². The van der Waals surface area contributed by atoms with Gasteiger partial charge in [0.25, 0.3) is 11.8 Å². The Kier molecular flexibility index (Phi) is 6.37. The lowest BCUT2D eigenvalue weighted by molar-refractivity contribution is -0.120. The lowest BCUT2D eigenvalue weighted by Gasteiger charge is -2.24. The molecule has 3 amide bonds. The summed E-state index contributed by atoms with van der Waals surface area (Å²) in [5.41, 5.74) is 4.22. The van der Waals surface area contributed by atoms with Gasteiger partial charge >= 0.3 is 0 Å². The Bertz CT molecular complexity index is 1380. The molecule has 34 heavy (non-hydrogen) atoms. The van der Waals surface area contributed by atoms with E-state index in [-0.39, 0.29) is 23.3 Å². The summed E-state index contributed by atoms with van der Waals surface area (Å²) in [4.78, 5) is 44.4. The van der Waals surface area contributed by atoms with Crippen LogP contribution in [0, 0.1) is 13.8 Å². The van der Waals surface area contributed by atoms with Crippen LogP contribution in [0.25, 0.3) is 11.3 Å². The number of rotatable bonds is 7. The number of hydrogen-bond acceptors (Lipinski definition) is 7. The Labute approximate surface area is 201 Å². The summed E-state index contributed by atoms with van der Waals surface area (Å²) in [6.07, 6.45) is 0.826. The molecule has 176 valence electrons. The first-order valence-electron chi connectivity index (χ1n) is 10.5. The maximum atomic E-state index is 13.2. The average Bonchev–Trinajstić information content (AvgIpc) is 3.34. The standard InChI is InChI=1S/C24H23N3O5S2/c1-14-8-9-16(12-15(14)2)19-13-33-24(25-19)26-21(28)20(10-11-34(3,31)32)27-22(29)17-6-4-5-7-18(17)23(27)30/h4-9,12-13,20H,10-11H2,1-3H3,(H,25,26,28). The van der Waals surface area contributed by atoms with E-state index in [4.69, 9.17) is 0 Å².